The maximum atomic E-state index is 13.8. The monoisotopic (exact) mass is 558 g/mol. The molecule has 2 aromatic rings. The zero-order chi connectivity index (χ0) is 27.0. The van der Waals surface area contributed by atoms with Crippen LogP contribution in [0.5, 0.6) is 11.5 Å². The summed E-state index contributed by atoms with van der Waals surface area (Å²) < 4.78 is 11.0. The number of thiazole rings is 1. The number of rotatable bonds is 7. The van der Waals surface area contributed by atoms with E-state index in [1.807, 2.05) is 32.0 Å². The maximum Gasteiger partial charge on any atom is 0.326 e. The number of carbonyl (C=O) groups excluding carboxylic acids is 2. The van der Waals surface area contributed by atoms with E-state index >= 15 is 0 Å². The number of imide groups is 1. The SMILES string of the molecule is COc1ccc([C@H]2c3sc(=O)[nH]c3S[C@H]3[C@@H]4C[C@@H]([C@@H]5C(=O)N([C@@H](CC(C)C)C(=O)O)C(=O)[C@@H]45)[C@H]23)cc1OC. The number of nitrogens with one attached hydrogen (secondary N) is 1. The molecule has 2 N–H and O–H groups in total. The molecule has 4 aliphatic rings. The van der Waals surface area contributed by atoms with Gasteiger partial charge in [-0.15, -0.1) is 11.8 Å². The van der Waals surface area contributed by atoms with Crippen molar-refractivity contribution < 1.29 is 29.0 Å². The number of carboxylic acid groups (broad SMARTS) is 1. The highest BCUT2D eigenvalue weighted by Gasteiger charge is 2.70. The summed E-state index contributed by atoms with van der Waals surface area (Å²) in [5.74, 6) is -1.92. The number of fused-ring (bicyclic) bond motifs is 9. The van der Waals surface area contributed by atoms with Crippen molar-refractivity contribution in [1.82, 2.24) is 9.88 Å². The number of thioether (sulfide) groups is 1. The van der Waals surface area contributed by atoms with Crippen molar-refractivity contribution in [3.8, 4) is 11.5 Å². The fourth-order valence-electron chi connectivity index (χ4n) is 7.53. The Morgan fingerprint density at radius 1 is 1.11 bits per heavy atom. The van der Waals surface area contributed by atoms with Crippen LogP contribution in [0.25, 0.3) is 0 Å². The summed E-state index contributed by atoms with van der Waals surface area (Å²) in [6.07, 6.45) is 0.976. The van der Waals surface area contributed by atoms with Gasteiger partial charge in [-0.2, -0.15) is 0 Å². The van der Waals surface area contributed by atoms with Crippen molar-refractivity contribution in [3.05, 3.63) is 38.3 Å². The van der Waals surface area contributed by atoms with Crippen molar-refractivity contribution in [2.75, 3.05) is 14.2 Å². The molecule has 1 aromatic carbocycles. The Morgan fingerprint density at radius 3 is 2.42 bits per heavy atom. The van der Waals surface area contributed by atoms with Crippen molar-refractivity contribution in [2.24, 2.45) is 35.5 Å². The lowest BCUT2D eigenvalue weighted by molar-refractivity contribution is -0.156. The molecule has 11 heteroatoms. The number of carbonyl (C=O) groups is 3. The quantitative estimate of drug-likeness (QED) is 0.495. The summed E-state index contributed by atoms with van der Waals surface area (Å²) in [4.78, 5) is 57.0. The van der Waals surface area contributed by atoms with Crippen LogP contribution in [0.1, 0.15) is 43.0 Å². The molecular formula is C27H30N2O7S2. The third-order valence-electron chi connectivity index (χ3n) is 8.82. The minimum atomic E-state index is -1.14. The number of H-pyrrole nitrogens is 1. The van der Waals surface area contributed by atoms with Gasteiger partial charge in [0.1, 0.15) is 6.04 Å². The van der Waals surface area contributed by atoms with E-state index in [4.69, 9.17) is 9.47 Å². The van der Waals surface area contributed by atoms with Gasteiger partial charge in [0, 0.05) is 16.0 Å². The standard InChI is InChI=1S/C27H30N2O7S2/c1-10(2)7-14(26(32)33)29-24(30)19-12-9-13(20(19)25(29)31)21-18(12)17(22-23(37-21)28-27(34)38-22)11-5-6-15(35-3)16(8-11)36-4/h5-6,8,10,12-14,17-21H,7,9H2,1-4H3,(H,28,34)(H,32,33)/t12-,13-,14+,17-,18-,19+,20+,21+/m1/s1. The molecule has 2 bridgehead atoms. The fraction of sp³-hybridized carbons (Fsp3) is 0.556. The maximum absolute atomic E-state index is 13.8. The largest absolute Gasteiger partial charge is 0.493 e. The molecule has 1 saturated heterocycles. The van der Waals surface area contributed by atoms with E-state index in [1.165, 1.54) is 11.3 Å². The van der Waals surface area contributed by atoms with E-state index in [1.54, 1.807) is 26.0 Å². The highest BCUT2D eigenvalue weighted by molar-refractivity contribution is 8.00. The van der Waals surface area contributed by atoms with E-state index in [9.17, 15) is 24.3 Å². The number of carboxylic acids is 1. The normalized spacial score (nSPS) is 31.8. The summed E-state index contributed by atoms with van der Waals surface area (Å²) in [6.45, 7) is 3.78. The van der Waals surface area contributed by atoms with Gasteiger partial charge in [0.05, 0.1) is 31.1 Å². The first kappa shape index (κ1) is 25.5. The molecule has 0 unspecified atom stereocenters. The number of ether oxygens (including phenoxy) is 2. The minimum Gasteiger partial charge on any atom is -0.493 e. The molecule has 2 aliphatic carbocycles. The van der Waals surface area contributed by atoms with Gasteiger partial charge in [-0.1, -0.05) is 31.3 Å². The van der Waals surface area contributed by atoms with Crippen LogP contribution >= 0.6 is 23.1 Å². The number of benzene rings is 1. The van der Waals surface area contributed by atoms with E-state index < -0.39 is 23.8 Å². The van der Waals surface area contributed by atoms with Gasteiger partial charge >= 0.3 is 10.8 Å². The third-order valence-corrected chi connectivity index (χ3v) is 11.4. The smallest absolute Gasteiger partial charge is 0.326 e. The summed E-state index contributed by atoms with van der Waals surface area (Å²) in [5.41, 5.74) is 0.968. The molecule has 1 aromatic heterocycles. The first-order valence-electron chi connectivity index (χ1n) is 12.9. The first-order valence-corrected chi connectivity index (χ1v) is 14.6. The summed E-state index contributed by atoms with van der Waals surface area (Å²) >= 11 is 2.80. The lowest BCUT2D eigenvalue weighted by atomic mass is 9.68. The van der Waals surface area contributed by atoms with E-state index in [0.717, 1.165) is 26.8 Å². The zero-order valence-electron chi connectivity index (χ0n) is 21.5. The molecular weight excluding hydrogens is 528 g/mol. The number of aliphatic carboxylic acids is 1. The summed E-state index contributed by atoms with van der Waals surface area (Å²) in [5, 5.41) is 10.8. The lowest BCUT2D eigenvalue weighted by Crippen LogP contribution is -2.47. The van der Waals surface area contributed by atoms with E-state index in [-0.39, 0.29) is 57.9 Å². The predicted molar refractivity (Wildman–Crippen MR) is 141 cm³/mol. The average Bonchev–Trinajstić information content (AvgIpc) is 3.61. The molecule has 3 fully saturated rings. The number of aromatic amines is 1. The van der Waals surface area contributed by atoms with Crippen LogP contribution in [0.4, 0.5) is 0 Å². The topological polar surface area (TPSA) is 126 Å². The van der Waals surface area contributed by atoms with Gasteiger partial charge in [0.25, 0.3) is 0 Å². The second-order valence-corrected chi connectivity index (χ2v) is 13.3. The number of methoxy groups -OCH3 is 2. The molecule has 2 saturated carbocycles. The number of amides is 2. The second kappa shape index (κ2) is 9.15. The van der Waals surface area contributed by atoms with Gasteiger partial charge in [0.15, 0.2) is 11.5 Å². The van der Waals surface area contributed by atoms with Crippen LogP contribution in [0.15, 0.2) is 28.0 Å². The van der Waals surface area contributed by atoms with Crippen LogP contribution < -0.4 is 14.3 Å². The number of nitrogens with zero attached hydrogens (tertiary/aromatic N) is 1. The average molecular weight is 559 g/mol. The number of hydrogen-bond donors (Lipinski definition) is 2. The Bertz CT molecular complexity index is 1380. The molecule has 2 aliphatic heterocycles. The van der Waals surface area contributed by atoms with Crippen LogP contribution in [0.2, 0.25) is 0 Å². The number of likely N-dealkylation sites (tertiary alicyclic amines) is 1. The second-order valence-electron chi connectivity index (χ2n) is 11.1. The van der Waals surface area contributed by atoms with Crippen LogP contribution in [0, 0.1) is 35.5 Å². The first-order chi connectivity index (χ1) is 18.2. The van der Waals surface area contributed by atoms with Crippen molar-refractivity contribution >= 4 is 40.9 Å². The predicted octanol–water partition coefficient (Wildman–Crippen LogP) is 3.43. The molecule has 6 rings (SSSR count). The molecule has 0 spiro atoms. The van der Waals surface area contributed by atoms with Gasteiger partial charge in [-0.05, 0) is 54.2 Å². The van der Waals surface area contributed by atoms with Gasteiger partial charge in [-0.3, -0.25) is 19.3 Å². The van der Waals surface area contributed by atoms with Gasteiger partial charge in [-0.25, -0.2) is 4.79 Å². The fourth-order valence-corrected chi connectivity index (χ4v) is 10.4. The van der Waals surface area contributed by atoms with Crippen molar-refractivity contribution in [3.63, 3.8) is 0 Å². The Labute approximate surface area is 227 Å². The van der Waals surface area contributed by atoms with Crippen LogP contribution in [-0.4, -0.2) is 58.3 Å². The zero-order valence-corrected chi connectivity index (χ0v) is 23.1. The summed E-state index contributed by atoms with van der Waals surface area (Å²) in [6, 6.07) is 4.62. The molecule has 8 atom stereocenters. The number of aromatic nitrogens is 1. The van der Waals surface area contributed by atoms with Crippen LogP contribution in [0.3, 0.4) is 0 Å². The van der Waals surface area contributed by atoms with E-state index in [2.05, 4.69) is 4.98 Å². The van der Waals surface area contributed by atoms with Gasteiger partial charge < -0.3 is 19.6 Å². The Kier molecular flexibility index (Phi) is 6.14. The molecule has 2 amide bonds. The molecule has 9 nitrogen and oxygen atoms in total. The highest BCUT2D eigenvalue weighted by Crippen LogP contribution is 2.68. The third kappa shape index (κ3) is 3.57. The van der Waals surface area contributed by atoms with E-state index in [0.29, 0.717) is 11.5 Å². The number of hydrogen-bond acceptors (Lipinski definition) is 8. The molecule has 0 radical (unpaired) electrons. The minimum absolute atomic E-state index is 0.0216. The summed E-state index contributed by atoms with van der Waals surface area (Å²) in [7, 11) is 3.16. The highest BCUT2D eigenvalue weighted by atomic mass is 32.2. The lowest BCUT2D eigenvalue weighted by Gasteiger charge is -2.43. The molecule has 202 valence electrons. The van der Waals surface area contributed by atoms with Crippen molar-refractivity contribution in [2.45, 2.75) is 48.9 Å². The molecule has 3 heterocycles. The Hall–Kier alpha value is -2.79. The van der Waals surface area contributed by atoms with Gasteiger partial charge in [0.2, 0.25) is 11.8 Å². The Balaban J connectivity index is 1.43. The Morgan fingerprint density at radius 2 is 1.79 bits per heavy atom. The van der Waals surface area contributed by atoms with Crippen LogP contribution in [-0.2, 0) is 14.4 Å². The molecule has 38 heavy (non-hydrogen) atoms. The van der Waals surface area contributed by atoms with Crippen molar-refractivity contribution in [1.29, 1.82) is 0 Å².